The Morgan fingerprint density at radius 1 is 0.935 bits per heavy atom. The van der Waals surface area contributed by atoms with E-state index in [1.807, 2.05) is 0 Å². The highest BCUT2D eigenvalue weighted by atomic mass is 35.5. The zero-order valence-corrected chi connectivity index (χ0v) is 17.9. The highest BCUT2D eigenvalue weighted by Gasteiger charge is 2.26. The Bertz CT molecular complexity index is 1120. The van der Waals surface area contributed by atoms with Crippen LogP contribution < -0.4 is 10.9 Å². The van der Waals surface area contributed by atoms with E-state index in [0.717, 1.165) is 4.31 Å². The van der Waals surface area contributed by atoms with E-state index >= 15 is 0 Å². The molecular formula is C21H20ClN3O5S. The first kappa shape index (κ1) is 22.5. The first-order chi connectivity index (χ1) is 14.9. The number of carbonyl (C=O) groups is 2. The molecule has 2 aromatic carbocycles. The van der Waals surface area contributed by atoms with Gasteiger partial charge in [0.2, 0.25) is 15.9 Å². The normalized spacial score (nSPS) is 11.3. The summed E-state index contributed by atoms with van der Waals surface area (Å²) >= 11 is 5.85. The third-order valence-electron chi connectivity index (χ3n) is 4.30. The lowest BCUT2D eigenvalue weighted by Gasteiger charge is -2.21. The molecule has 0 radical (unpaired) electrons. The van der Waals surface area contributed by atoms with Crippen LogP contribution in [0.1, 0.15) is 22.5 Å². The van der Waals surface area contributed by atoms with Crippen LogP contribution in [0.25, 0.3) is 0 Å². The van der Waals surface area contributed by atoms with Gasteiger partial charge in [-0.3, -0.25) is 20.4 Å². The number of halogens is 1. The van der Waals surface area contributed by atoms with Crippen LogP contribution in [0.5, 0.6) is 0 Å². The van der Waals surface area contributed by atoms with Crippen molar-refractivity contribution in [3.63, 3.8) is 0 Å². The average Bonchev–Trinajstić information content (AvgIpc) is 3.29. The minimum absolute atomic E-state index is 0.0428. The van der Waals surface area contributed by atoms with E-state index in [-0.39, 0.29) is 24.4 Å². The molecule has 3 rings (SSSR count). The number of benzene rings is 2. The minimum atomic E-state index is -3.92. The number of sulfonamides is 1. The summed E-state index contributed by atoms with van der Waals surface area (Å²) in [5, 5.41) is 0.407. The highest BCUT2D eigenvalue weighted by Crippen LogP contribution is 2.21. The summed E-state index contributed by atoms with van der Waals surface area (Å²) in [7, 11) is -3.92. The number of furan rings is 1. The highest BCUT2D eigenvalue weighted by molar-refractivity contribution is 7.89. The fraction of sp³-hybridized carbons (Fsp3) is 0.143. The van der Waals surface area contributed by atoms with Gasteiger partial charge >= 0.3 is 0 Å². The van der Waals surface area contributed by atoms with Crippen molar-refractivity contribution in [2.45, 2.75) is 17.9 Å². The molecule has 0 aliphatic carbocycles. The lowest BCUT2D eigenvalue weighted by molar-refractivity contribution is -0.122. The van der Waals surface area contributed by atoms with Gasteiger partial charge in [-0.25, -0.2) is 8.42 Å². The van der Waals surface area contributed by atoms with E-state index in [0.29, 0.717) is 16.3 Å². The molecule has 0 spiro atoms. The number of amides is 2. The molecule has 0 atom stereocenters. The summed E-state index contributed by atoms with van der Waals surface area (Å²) in [4.78, 5) is 24.3. The van der Waals surface area contributed by atoms with E-state index in [4.69, 9.17) is 16.0 Å². The number of carbonyl (C=O) groups excluding carboxylic acids is 2. The second-order valence-electron chi connectivity index (χ2n) is 6.49. The first-order valence-electron chi connectivity index (χ1n) is 9.28. The van der Waals surface area contributed by atoms with E-state index in [2.05, 4.69) is 10.9 Å². The summed E-state index contributed by atoms with van der Waals surface area (Å²) in [5.41, 5.74) is 4.98. The Hall–Kier alpha value is -3.14. The molecule has 0 bridgehead atoms. The van der Waals surface area contributed by atoms with Crippen molar-refractivity contribution in [2.24, 2.45) is 0 Å². The van der Waals surface area contributed by atoms with E-state index in [9.17, 15) is 18.0 Å². The monoisotopic (exact) mass is 461 g/mol. The fourth-order valence-corrected chi connectivity index (χ4v) is 4.23. The quantitative estimate of drug-likeness (QED) is 0.501. The molecule has 10 heteroatoms. The van der Waals surface area contributed by atoms with Crippen LogP contribution in [-0.4, -0.2) is 31.1 Å². The van der Waals surface area contributed by atoms with Crippen molar-refractivity contribution >= 4 is 33.4 Å². The molecule has 8 nitrogen and oxygen atoms in total. The third-order valence-corrected chi connectivity index (χ3v) is 6.41. The van der Waals surface area contributed by atoms with Crippen molar-refractivity contribution in [3.8, 4) is 0 Å². The SMILES string of the molecule is O=C(CCN(Cc1ccco1)S(=O)(=O)c1ccc(Cl)cc1)NNC(=O)c1ccccc1. The van der Waals surface area contributed by atoms with E-state index in [1.165, 1.54) is 30.5 Å². The smallest absolute Gasteiger partial charge is 0.269 e. The Balaban J connectivity index is 1.65. The van der Waals surface area contributed by atoms with Gasteiger partial charge < -0.3 is 4.42 Å². The molecule has 3 aromatic rings. The fourth-order valence-electron chi connectivity index (χ4n) is 2.69. The topological polar surface area (TPSA) is 109 Å². The summed E-state index contributed by atoms with van der Waals surface area (Å²) in [5.74, 6) is -0.592. The summed E-state index contributed by atoms with van der Waals surface area (Å²) < 4.78 is 32.5. The number of hydrogen-bond donors (Lipinski definition) is 2. The maximum absolute atomic E-state index is 13.1. The van der Waals surface area contributed by atoms with Crippen LogP contribution in [0.3, 0.4) is 0 Å². The molecule has 2 amide bonds. The molecule has 0 saturated heterocycles. The Morgan fingerprint density at radius 2 is 1.65 bits per heavy atom. The van der Waals surface area contributed by atoms with Gasteiger partial charge in [-0.2, -0.15) is 4.31 Å². The molecule has 1 aromatic heterocycles. The number of rotatable bonds is 8. The van der Waals surface area contributed by atoms with Crippen LogP contribution >= 0.6 is 11.6 Å². The average molecular weight is 462 g/mol. The third kappa shape index (κ3) is 6.17. The van der Waals surface area contributed by atoms with Gasteiger partial charge in [-0.1, -0.05) is 29.8 Å². The molecule has 31 heavy (non-hydrogen) atoms. The molecule has 0 aliphatic rings. The minimum Gasteiger partial charge on any atom is -0.468 e. The zero-order valence-electron chi connectivity index (χ0n) is 16.3. The van der Waals surface area contributed by atoms with Gasteiger partial charge in [0.15, 0.2) is 0 Å². The molecule has 1 heterocycles. The van der Waals surface area contributed by atoms with Gasteiger partial charge in [-0.15, -0.1) is 0 Å². The van der Waals surface area contributed by atoms with Gasteiger partial charge in [0, 0.05) is 23.6 Å². The van der Waals surface area contributed by atoms with Crippen LogP contribution in [0.15, 0.2) is 82.3 Å². The maximum Gasteiger partial charge on any atom is 0.269 e. The van der Waals surface area contributed by atoms with Crippen molar-refractivity contribution < 1.29 is 22.4 Å². The summed E-state index contributed by atoms with van der Waals surface area (Å²) in [6.45, 7) is -0.180. The van der Waals surface area contributed by atoms with Gasteiger partial charge in [0.25, 0.3) is 5.91 Å². The number of hydrogen-bond acceptors (Lipinski definition) is 5. The predicted molar refractivity (Wildman–Crippen MR) is 114 cm³/mol. The Labute approximate surface area is 184 Å². The molecule has 2 N–H and O–H groups in total. The summed E-state index contributed by atoms with van der Waals surface area (Å²) in [6.07, 6.45) is 1.26. The zero-order chi connectivity index (χ0) is 22.3. The van der Waals surface area contributed by atoms with Crippen molar-refractivity contribution in [1.29, 1.82) is 0 Å². The van der Waals surface area contributed by atoms with Crippen LogP contribution in [0, 0.1) is 0 Å². The molecule has 0 unspecified atom stereocenters. The standard InChI is InChI=1S/C21H20ClN3O5S/c22-17-8-10-19(11-9-17)31(28,29)25(15-18-7-4-14-30-18)13-12-20(26)23-24-21(27)16-5-2-1-3-6-16/h1-11,14H,12-13,15H2,(H,23,26)(H,24,27). The van der Waals surface area contributed by atoms with Crippen molar-refractivity contribution in [1.82, 2.24) is 15.2 Å². The van der Waals surface area contributed by atoms with Crippen LogP contribution in [0.4, 0.5) is 0 Å². The number of nitrogens with zero attached hydrogens (tertiary/aromatic N) is 1. The van der Waals surface area contributed by atoms with Crippen LogP contribution in [-0.2, 0) is 21.4 Å². The maximum atomic E-state index is 13.1. The predicted octanol–water partition coefficient (Wildman–Crippen LogP) is 2.98. The Morgan fingerprint density at radius 3 is 2.29 bits per heavy atom. The van der Waals surface area contributed by atoms with E-state index in [1.54, 1.807) is 42.5 Å². The number of nitrogens with one attached hydrogen (secondary N) is 2. The van der Waals surface area contributed by atoms with E-state index < -0.39 is 21.8 Å². The Kier molecular flexibility index (Phi) is 7.45. The largest absolute Gasteiger partial charge is 0.468 e. The lowest BCUT2D eigenvalue weighted by Crippen LogP contribution is -2.43. The van der Waals surface area contributed by atoms with Gasteiger partial charge in [-0.05, 0) is 48.5 Å². The van der Waals surface area contributed by atoms with Crippen molar-refractivity contribution in [2.75, 3.05) is 6.54 Å². The van der Waals surface area contributed by atoms with Gasteiger partial charge in [0.1, 0.15) is 5.76 Å². The molecule has 0 saturated carbocycles. The second kappa shape index (κ2) is 10.3. The number of hydrazine groups is 1. The summed E-state index contributed by atoms with van der Waals surface area (Å²) in [6, 6.07) is 17.4. The van der Waals surface area contributed by atoms with Crippen molar-refractivity contribution in [3.05, 3.63) is 89.3 Å². The van der Waals surface area contributed by atoms with Gasteiger partial charge in [0.05, 0.1) is 17.7 Å². The van der Waals surface area contributed by atoms with Crippen LogP contribution in [0.2, 0.25) is 5.02 Å². The molecule has 162 valence electrons. The lowest BCUT2D eigenvalue weighted by atomic mass is 10.2. The molecular weight excluding hydrogens is 442 g/mol. The second-order valence-corrected chi connectivity index (χ2v) is 8.86. The molecule has 0 aliphatic heterocycles. The first-order valence-corrected chi connectivity index (χ1v) is 11.1. The molecule has 0 fully saturated rings.